The second-order valence-electron chi connectivity index (χ2n) is 3.10. The Hall–Kier alpha value is -1.85. The molecular formula is C9H12N2O4. The number of aliphatic carboxylic acids is 1. The van der Waals surface area contributed by atoms with Crippen LogP contribution in [0.5, 0.6) is 0 Å². The predicted octanol–water partition coefficient (Wildman–Crippen LogP) is 0.197. The Bertz CT molecular complexity index is 364. The number of hydrogen-bond donors (Lipinski definition) is 2. The molecule has 1 aromatic heterocycles. The van der Waals surface area contributed by atoms with E-state index in [0.29, 0.717) is 6.42 Å². The molecule has 1 aromatic rings. The molecule has 0 aliphatic heterocycles. The molecule has 0 amide bonds. The quantitative estimate of drug-likeness (QED) is 0.551. The molecule has 0 atom stereocenters. The lowest BCUT2D eigenvalue weighted by molar-refractivity contribution is -0.163. The predicted molar refractivity (Wildman–Crippen MR) is 50.4 cm³/mol. The molecule has 1 heterocycles. The Morgan fingerprint density at radius 2 is 2.13 bits per heavy atom. The number of ether oxygens (including phenoxy) is 1. The second-order valence-corrected chi connectivity index (χ2v) is 3.10. The molecule has 0 aliphatic rings. The van der Waals surface area contributed by atoms with Crippen LogP contribution in [0.25, 0.3) is 0 Å². The highest BCUT2D eigenvalue weighted by Gasteiger charge is 2.13. The Morgan fingerprint density at radius 3 is 2.60 bits per heavy atom. The number of rotatable bonds is 3. The van der Waals surface area contributed by atoms with Crippen LogP contribution in [0.4, 0.5) is 0 Å². The lowest BCUT2D eigenvalue weighted by Gasteiger charge is -2.01. The maximum absolute atomic E-state index is 10.6. The standard InChI is InChI=1S/C9H12N2O4/c1-5-7(6(2)11-10-5)3-4-15-9(14)8(12)13/h3-4H2,1-2H3,(H,10,11)(H,12,13). The Balaban J connectivity index is 2.45. The fourth-order valence-electron chi connectivity index (χ4n) is 1.25. The molecule has 0 unspecified atom stereocenters. The lowest BCUT2D eigenvalue weighted by Crippen LogP contribution is -2.17. The second kappa shape index (κ2) is 4.59. The first-order valence-corrected chi connectivity index (χ1v) is 4.43. The molecule has 82 valence electrons. The van der Waals surface area contributed by atoms with Gasteiger partial charge in [-0.25, -0.2) is 9.59 Å². The molecule has 0 aromatic carbocycles. The third-order valence-electron chi connectivity index (χ3n) is 2.04. The summed E-state index contributed by atoms with van der Waals surface area (Å²) in [6.45, 7) is 3.73. The summed E-state index contributed by atoms with van der Waals surface area (Å²) in [5, 5.41) is 15.0. The summed E-state index contributed by atoms with van der Waals surface area (Å²) in [6, 6.07) is 0. The van der Waals surface area contributed by atoms with Crippen molar-refractivity contribution in [3.63, 3.8) is 0 Å². The maximum atomic E-state index is 10.6. The SMILES string of the molecule is Cc1n[nH]c(C)c1CCOC(=O)C(=O)O. The summed E-state index contributed by atoms with van der Waals surface area (Å²) in [5.74, 6) is -2.80. The Morgan fingerprint density at radius 1 is 1.47 bits per heavy atom. The van der Waals surface area contributed by atoms with Gasteiger partial charge in [0.15, 0.2) is 0 Å². The van der Waals surface area contributed by atoms with Crippen LogP contribution in [0.1, 0.15) is 17.0 Å². The van der Waals surface area contributed by atoms with E-state index in [1.807, 2.05) is 13.8 Å². The van der Waals surface area contributed by atoms with Crippen LogP contribution in [-0.4, -0.2) is 33.8 Å². The van der Waals surface area contributed by atoms with E-state index in [1.54, 1.807) is 0 Å². The van der Waals surface area contributed by atoms with Crippen LogP contribution in [0.3, 0.4) is 0 Å². The number of aromatic nitrogens is 2. The van der Waals surface area contributed by atoms with Gasteiger partial charge in [0.2, 0.25) is 0 Å². The summed E-state index contributed by atoms with van der Waals surface area (Å²) in [6.07, 6.45) is 0.465. The zero-order valence-electron chi connectivity index (χ0n) is 8.53. The highest BCUT2D eigenvalue weighted by Crippen LogP contribution is 2.09. The molecular weight excluding hydrogens is 200 g/mol. The Kier molecular flexibility index (Phi) is 3.43. The number of nitrogens with zero attached hydrogens (tertiary/aromatic N) is 1. The molecule has 6 heteroatoms. The minimum absolute atomic E-state index is 0.0480. The summed E-state index contributed by atoms with van der Waals surface area (Å²) in [7, 11) is 0. The smallest absolute Gasteiger partial charge is 0.417 e. The van der Waals surface area contributed by atoms with Gasteiger partial charge in [0.05, 0.1) is 12.3 Å². The van der Waals surface area contributed by atoms with Crippen LogP contribution in [-0.2, 0) is 20.7 Å². The van der Waals surface area contributed by atoms with E-state index in [4.69, 9.17) is 5.11 Å². The van der Waals surface area contributed by atoms with Gasteiger partial charge in [0.25, 0.3) is 0 Å². The topological polar surface area (TPSA) is 92.3 Å². The van der Waals surface area contributed by atoms with Gasteiger partial charge in [-0.15, -0.1) is 0 Å². The third kappa shape index (κ3) is 2.80. The fraction of sp³-hybridized carbons (Fsp3) is 0.444. The van der Waals surface area contributed by atoms with Crippen LogP contribution < -0.4 is 0 Å². The highest BCUT2D eigenvalue weighted by molar-refractivity contribution is 6.28. The summed E-state index contributed by atoms with van der Waals surface area (Å²) < 4.78 is 4.51. The summed E-state index contributed by atoms with van der Waals surface area (Å²) >= 11 is 0. The van der Waals surface area contributed by atoms with Gasteiger partial charge >= 0.3 is 11.9 Å². The molecule has 2 N–H and O–H groups in total. The van der Waals surface area contributed by atoms with Crippen LogP contribution in [0, 0.1) is 13.8 Å². The molecule has 0 saturated heterocycles. The largest absolute Gasteiger partial charge is 0.473 e. The van der Waals surface area contributed by atoms with E-state index >= 15 is 0 Å². The maximum Gasteiger partial charge on any atom is 0.417 e. The summed E-state index contributed by atoms with van der Waals surface area (Å²) in [4.78, 5) is 20.7. The number of aromatic amines is 1. The first-order valence-electron chi connectivity index (χ1n) is 4.43. The number of H-pyrrole nitrogens is 1. The van der Waals surface area contributed by atoms with Crippen molar-refractivity contribution >= 4 is 11.9 Å². The Labute approximate surface area is 86.2 Å². The number of hydrogen-bond acceptors (Lipinski definition) is 4. The average molecular weight is 212 g/mol. The molecule has 0 bridgehead atoms. The minimum atomic E-state index is -1.57. The van der Waals surface area contributed by atoms with Crippen molar-refractivity contribution in [3.8, 4) is 0 Å². The van der Waals surface area contributed by atoms with Gasteiger partial charge in [0.1, 0.15) is 0 Å². The van der Waals surface area contributed by atoms with Crippen LogP contribution in [0.15, 0.2) is 0 Å². The number of carbonyl (C=O) groups is 2. The van der Waals surface area contributed by atoms with Crippen molar-refractivity contribution in [1.29, 1.82) is 0 Å². The molecule has 15 heavy (non-hydrogen) atoms. The van der Waals surface area contributed by atoms with Crippen molar-refractivity contribution in [3.05, 3.63) is 17.0 Å². The van der Waals surface area contributed by atoms with Gasteiger partial charge < -0.3 is 9.84 Å². The van der Waals surface area contributed by atoms with Gasteiger partial charge in [-0.1, -0.05) is 0 Å². The highest BCUT2D eigenvalue weighted by atomic mass is 16.6. The van der Waals surface area contributed by atoms with Crippen LogP contribution >= 0.6 is 0 Å². The number of aryl methyl sites for hydroxylation is 2. The monoisotopic (exact) mass is 212 g/mol. The van der Waals surface area contributed by atoms with Crippen LogP contribution in [0.2, 0.25) is 0 Å². The van der Waals surface area contributed by atoms with Crippen molar-refractivity contribution in [2.45, 2.75) is 20.3 Å². The zero-order valence-corrected chi connectivity index (χ0v) is 8.53. The zero-order chi connectivity index (χ0) is 11.4. The molecule has 0 radical (unpaired) electrons. The van der Waals surface area contributed by atoms with E-state index in [2.05, 4.69) is 14.9 Å². The number of carboxylic acid groups (broad SMARTS) is 1. The van der Waals surface area contributed by atoms with Crippen molar-refractivity contribution < 1.29 is 19.4 Å². The lowest BCUT2D eigenvalue weighted by atomic mass is 10.1. The number of carbonyl (C=O) groups excluding carboxylic acids is 1. The molecule has 0 aliphatic carbocycles. The number of esters is 1. The fourth-order valence-corrected chi connectivity index (χ4v) is 1.25. The van der Waals surface area contributed by atoms with Crippen molar-refractivity contribution in [2.24, 2.45) is 0 Å². The minimum Gasteiger partial charge on any atom is -0.473 e. The van der Waals surface area contributed by atoms with Crippen molar-refractivity contribution in [1.82, 2.24) is 10.2 Å². The van der Waals surface area contributed by atoms with Gasteiger partial charge in [-0.3, -0.25) is 5.10 Å². The molecule has 0 spiro atoms. The number of nitrogens with one attached hydrogen (secondary N) is 1. The molecule has 6 nitrogen and oxygen atoms in total. The first-order chi connectivity index (χ1) is 7.02. The molecule has 1 rings (SSSR count). The van der Waals surface area contributed by atoms with E-state index in [-0.39, 0.29) is 6.61 Å². The number of carboxylic acids is 1. The normalized spacial score (nSPS) is 10.0. The van der Waals surface area contributed by atoms with E-state index in [0.717, 1.165) is 17.0 Å². The van der Waals surface area contributed by atoms with E-state index in [1.165, 1.54) is 0 Å². The molecule has 0 fully saturated rings. The van der Waals surface area contributed by atoms with Crippen molar-refractivity contribution in [2.75, 3.05) is 6.61 Å². The van der Waals surface area contributed by atoms with Gasteiger partial charge in [0, 0.05) is 12.1 Å². The van der Waals surface area contributed by atoms with E-state index in [9.17, 15) is 9.59 Å². The average Bonchev–Trinajstić information content (AvgIpc) is 2.48. The van der Waals surface area contributed by atoms with Gasteiger partial charge in [-0.05, 0) is 19.4 Å². The van der Waals surface area contributed by atoms with Gasteiger partial charge in [-0.2, -0.15) is 5.10 Å². The summed E-state index contributed by atoms with van der Waals surface area (Å²) in [5.41, 5.74) is 2.69. The molecule has 0 saturated carbocycles. The third-order valence-corrected chi connectivity index (χ3v) is 2.04. The first kappa shape index (κ1) is 11.2. The van der Waals surface area contributed by atoms with E-state index < -0.39 is 11.9 Å².